The molecule has 8 nitrogen and oxygen atoms in total. The van der Waals surface area contributed by atoms with E-state index in [0.29, 0.717) is 31.8 Å². The van der Waals surface area contributed by atoms with Gasteiger partial charge in [-0.1, -0.05) is 0 Å². The molecule has 3 rings (SSSR count). The molecular formula is C17H25N3O5. The number of carbonyl (C=O) groups is 1. The number of nitrogens with zero attached hydrogens (tertiary/aromatic N) is 3. The third kappa shape index (κ3) is 3.69. The molecule has 1 aliphatic heterocycles. The molecule has 0 bridgehead atoms. The zero-order valence-electron chi connectivity index (χ0n) is 14.8. The lowest BCUT2D eigenvalue weighted by Crippen LogP contribution is -2.45. The van der Waals surface area contributed by atoms with E-state index in [1.165, 1.54) is 10.9 Å². The van der Waals surface area contributed by atoms with Gasteiger partial charge in [0.2, 0.25) is 11.7 Å². The maximum absolute atomic E-state index is 12.7. The summed E-state index contributed by atoms with van der Waals surface area (Å²) >= 11 is 0. The van der Waals surface area contributed by atoms with Gasteiger partial charge < -0.3 is 19.1 Å². The van der Waals surface area contributed by atoms with Crippen molar-refractivity contribution < 1.29 is 19.0 Å². The fourth-order valence-corrected chi connectivity index (χ4v) is 3.25. The summed E-state index contributed by atoms with van der Waals surface area (Å²) in [5.41, 5.74) is -0.0438. The summed E-state index contributed by atoms with van der Waals surface area (Å²) in [6.07, 6.45) is 4.77. The van der Waals surface area contributed by atoms with Gasteiger partial charge >= 0.3 is 0 Å². The Balaban J connectivity index is 1.74. The summed E-state index contributed by atoms with van der Waals surface area (Å²) in [6.45, 7) is 1.84. The number of amides is 1. The van der Waals surface area contributed by atoms with E-state index in [0.717, 1.165) is 19.3 Å². The molecular weight excluding hydrogens is 326 g/mol. The highest BCUT2D eigenvalue weighted by Crippen LogP contribution is 2.38. The van der Waals surface area contributed by atoms with Crippen LogP contribution < -0.4 is 10.3 Å². The first-order chi connectivity index (χ1) is 12.1. The number of carbonyl (C=O) groups excluding carboxylic acids is 1. The van der Waals surface area contributed by atoms with Crippen LogP contribution in [0.4, 0.5) is 0 Å². The zero-order valence-corrected chi connectivity index (χ0v) is 14.8. The monoisotopic (exact) mass is 351 g/mol. The molecule has 25 heavy (non-hydrogen) atoms. The van der Waals surface area contributed by atoms with Gasteiger partial charge in [-0.15, -0.1) is 0 Å². The van der Waals surface area contributed by atoms with E-state index >= 15 is 0 Å². The predicted molar refractivity (Wildman–Crippen MR) is 89.5 cm³/mol. The van der Waals surface area contributed by atoms with Crippen LogP contribution in [0.25, 0.3) is 0 Å². The van der Waals surface area contributed by atoms with Crippen LogP contribution in [0.3, 0.4) is 0 Å². The highest BCUT2D eigenvalue weighted by atomic mass is 16.5. The van der Waals surface area contributed by atoms with Gasteiger partial charge in [-0.25, -0.2) is 4.98 Å². The van der Waals surface area contributed by atoms with Crippen LogP contribution in [0.2, 0.25) is 0 Å². The van der Waals surface area contributed by atoms with Crippen molar-refractivity contribution in [1.82, 2.24) is 14.5 Å². The molecule has 0 atom stereocenters. The first kappa shape index (κ1) is 17.9. The Morgan fingerprint density at radius 1 is 1.40 bits per heavy atom. The second kappa shape index (κ2) is 7.53. The molecule has 1 saturated carbocycles. The molecule has 1 aliphatic carbocycles. The largest absolute Gasteiger partial charge is 0.485 e. The van der Waals surface area contributed by atoms with Gasteiger partial charge in [0.05, 0.1) is 44.6 Å². The lowest BCUT2D eigenvalue weighted by Gasteiger charge is -2.41. The third-order valence-electron chi connectivity index (χ3n) is 5.08. The molecule has 2 aliphatic rings. The lowest BCUT2D eigenvalue weighted by molar-refractivity contribution is -0.144. The number of hydrogen-bond donors (Lipinski definition) is 0. The van der Waals surface area contributed by atoms with Crippen molar-refractivity contribution in [2.24, 2.45) is 0 Å². The number of hydrogen-bond acceptors (Lipinski definition) is 6. The van der Waals surface area contributed by atoms with Gasteiger partial charge in [0.1, 0.15) is 12.3 Å². The topological polar surface area (TPSA) is 82.9 Å². The Labute approximate surface area is 146 Å². The third-order valence-corrected chi connectivity index (χ3v) is 5.08. The predicted octanol–water partition coefficient (Wildman–Crippen LogP) is 0.570. The van der Waals surface area contributed by atoms with Crippen molar-refractivity contribution in [1.29, 1.82) is 0 Å². The molecule has 8 heteroatoms. The van der Waals surface area contributed by atoms with E-state index in [9.17, 15) is 9.59 Å². The summed E-state index contributed by atoms with van der Waals surface area (Å²) in [5, 5.41) is 0. The Bertz CT molecular complexity index is 678. The molecule has 0 unspecified atom stereocenters. The number of aromatic nitrogens is 2. The van der Waals surface area contributed by atoms with Crippen LogP contribution in [0.15, 0.2) is 11.1 Å². The van der Waals surface area contributed by atoms with E-state index in [1.807, 2.05) is 0 Å². The van der Waals surface area contributed by atoms with Crippen molar-refractivity contribution in [3.8, 4) is 5.75 Å². The van der Waals surface area contributed by atoms with Crippen LogP contribution in [-0.4, -0.2) is 59.9 Å². The molecule has 0 radical (unpaired) electrons. The van der Waals surface area contributed by atoms with Crippen molar-refractivity contribution in [2.75, 3.05) is 34.0 Å². The Morgan fingerprint density at radius 3 is 2.84 bits per heavy atom. The molecule has 0 spiro atoms. The van der Waals surface area contributed by atoms with Crippen molar-refractivity contribution in [2.45, 2.75) is 44.4 Å². The summed E-state index contributed by atoms with van der Waals surface area (Å²) < 4.78 is 17.6. The standard InChI is InChI=1S/C17H25N3O5/c1-23-8-6-20-12-18-13-11-19(7-9-25-15(13)16(20)22)14(21)10-17(24-2)4-3-5-17/h12H,3-11H2,1-2H3. The minimum absolute atomic E-state index is 0.0170. The minimum Gasteiger partial charge on any atom is -0.485 e. The molecule has 0 N–H and O–H groups in total. The first-order valence-corrected chi connectivity index (χ1v) is 8.61. The van der Waals surface area contributed by atoms with Crippen molar-refractivity contribution in [3.63, 3.8) is 0 Å². The first-order valence-electron chi connectivity index (χ1n) is 8.61. The summed E-state index contributed by atoms with van der Waals surface area (Å²) in [7, 11) is 3.24. The Morgan fingerprint density at radius 2 is 2.20 bits per heavy atom. The molecule has 1 aromatic heterocycles. The maximum atomic E-state index is 12.7. The number of rotatable bonds is 6. The number of ether oxygens (including phenoxy) is 3. The smallest absolute Gasteiger partial charge is 0.296 e. The highest BCUT2D eigenvalue weighted by Gasteiger charge is 2.40. The van der Waals surface area contributed by atoms with Gasteiger partial charge in [0.15, 0.2) is 0 Å². The number of methoxy groups -OCH3 is 2. The fraction of sp³-hybridized carbons (Fsp3) is 0.706. The molecule has 1 amide bonds. The Hall–Kier alpha value is -1.93. The van der Waals surface area contributed by atoms with Crippen molar-refractivity contribution >= 4 is 5.91 Å². The quantitative estimate of drug-likeness (QED) is 0.745. The molecule has 1 aromatic rings. The SMILES string of the molecule is COCCn1cnc2c(c1=O)OCCN(C(=O)CC1(OC)CCC1)C2. The van der Waals surface area contributed by atoms with Crippen molar-refractivity contribution in [3.05, 3.63) is 22.4 Å². The zero-order chi connectivity index (χ0) is 17.9. The molecule has 138 valence electrons. The highest BCUT2D eigenvalue weighted by molar-refractivity contribution is 5.77. The van der Waals surface area contributed by atoms with Crippen LogP contribution >= 0.6 is 0 Å². The van der Waals surface area contributed by atoms with E-state index in [1.54, 1.807) is 19.1 Å². The van der Waals surface area contributed by atoms with Crippen LogP contribution in [0.5, 0.6) is 5.75 Å². The van der Waals surface area contributed by atoms with E-state index in [4.69, 9.17) is 14.2 Å². The van der Waals surface area contributed by atoms with E-state index in [-0.39, 0.29) is 36.0 Å². The van der Waals surface area contributed by atoms with Gasteiger partial charge in [0, 0.05) is 14.2 Å². The van der Waals surface area contributed by atoms with Crippen LogP contribution in [0.1, 0.15) is 31.4 Å². The fourth-order valence-electron chi connectivity index (χ4n) is 3.25. The summed E-state index contributed by atoms with van der Waals surface area (Å²) in [6, 6.07) is 0. The molecule has 0 aromatic carbocycles. The number of fused-ring (bicyclic) bond motifs is 1. The van der Waals surface area contributed by atoms with Crippen LogP contribution in [-0.2, 0) is 27.4 Å². The molecule has 0 saturated heterocycles. The summed E-state index contributed by atoms with van der Waals surface area (Å²) in [5.74, 6) is 0.252. The lowest BCUT2D eigenvalue weighted by atomic mass is 9.77. The van der Waals surface area contributed by atoms with Gasteiger partial charge in [-0.3, -0.25) is 14.2 Å². The molecule has 2 heterocycles. The average Bonchev–Trinajstić information content (AvgIpc) is 2.80. The van der Waals surface area contributed by atoms with Gasteiger partial charge in [0.25, 0.3) is 5.56 Å². The Kier molecular flexibility index (Phi) is 5.39. The van der Waals surface area contributed by atoms with E-state index in [2.05, 4.69) is 4.98 Å². The average molecular weight is 351 g/mol. The summed E-state index contributed by atoms with van der Waals surface area (Å²) in [4.78, 5) is 31.2. The second-order valence-corrected chi connectivity index (χ2v) is 6.59. The van der Waals surface area contributed by atoms with Gasteiger partial charge in [-0.05, 0) is 19.3 Å². The second-order valence-electron chi connectivity index (χ2n) is 6.59. The van der Waals surface area contributed by atoms with Crippen LogP contribution in [0, 0.1) is 0 Å². The normalized spacial score (nSPS) is 18.7. The van der Waals surface area contributed by atoms with E-state index < -0.39 is 0 Å². The van der Waals surface area contributed by atoms with Gasteiger partial charge in [-0.2, -0.15) is 0 Å². The molecule has 1 fully saturated rings. The maximum Gasteiger partial charge on any atom is 0.296 e. The minimum atomic E-state index is -0.315.